The van der Waals surface area contributed by atoms with Crippen molar-refractivity contribution < 1.29 is 4.74 Å². The normalized spacial score (nSPS) is 14.9. The molecule has 0 N–H and O–H groups in total. The molecule has 1 fully saturated rings. The third-order valence-electron chi connectivity index (χ3n) is 4.95. The summed E-state index contributed by atoms with van der Waals surface area (Å²) < 4.78 is 11.1. The van der Waals surface area contributed by atoms with Crippen molar-refractivity contribution in [3.05, 3.63) is 30.7 Å². The largest absolute Gasteiger partial charge is 0.378 e. The molecule has 0 saturated carbocycles. The van der Waals surface area contributed by atoms with E-state index in [9.17, 15) is 0 Å². The van der Waals surface area contributed by atoms with E-state index in [2.05, 4.69) is 26.6 Å². The summed E-state index contributed by atoms with van der Waals surface area (Å²) in [7, 11) is 1.92. The maximum absolute atomic E-state index is 5.52. The van der Waals surface area contributed by atoms with Crippen molar-refractivity contribution in [1.29, 1.82) is 0 Å². The lowest BCUT2D eigenvalue weighted by Crippen LogP contribution is -2.37. The lowest BCUT2D eigenvalue weighted by Gasteiger charge is -2.28. The zero-order chi connectivity index (χ0) is 19.1. The summed E-state index contributed by atoms with van der Waals surface area (Å²) in [4.78, 5) is 16.8. The van der Waals surface area contributed by atoms with Gasteiger partial charge in [-0.2, -0.15) is 20.2 Å². The molecule has 0 amide bonds. The Morgan fingerprint density at radius 3 is 2.61 bits per heavy atom. The van der Waals surface area contributed by atoms with E-state index in [1.165, 1.54) is 0 Å². The van der Waals surface area contributed by atoms with Crippen molar-refractivity contribution in [2.45, 2.75) is 13.5 Å². The molecule has 4 aromatic heterocycles. The highest BCUT2D eigenvalue weighted by Crippen LogP contribution is 2.30. The molecular weight excluding hydrogens is 358 g/mol. The molecule has 10 heteroatoms. The second kappa shape index (κ2) is 6.71. The Bertz CT molecular complexity index is 1110. The number of fused-ring (bicyclic) bond motifs is 1. The van der Waals surface area contributed by atoms with Gasteiger partial charge in [-0.05, 0) is 19.1 Å². The van der Waals surface area contributed by atoms with Crippen LogP contribution in [0.4, 0.5) is 5.82 Å². The van der Waals surface area contributed by atoms with Crippen LogP contribution in [-0.4, -0.2) is 65.4 Å². The van der Waals surface area contributed by atoms with Crippen molar-refractivity contribution in [3.63, 3.8) is 0 Å². The maximum atomic E-state index is 5.52. The van der Waals surface area contributed by atoms with Crippen LogP contribution in [0.5, 0.6) is 0 Å². The molecule has 1 aliphatic rings. The van der Waals surface area contributed by atoms with Gasteiger partial charge in [-0.15, -0.1) is 0 Å². The monoisotopic (exact) mass is 379 g/mol. The van der Waals surface area contributed by atoms with Gasteiger partial charge in [0.25, 0.3) is 5.95 Å². The summed E-state index contributed by atoms with van der Waals surface area (Å²) in [6, 6.07) is 3.82. The minimum Gasteiger partial charge on any atom is -0.378 e. The number of ether oxygens (including phenoxy) is 1. The molecule has 4 aromatic rings. The van der Waals surface area contributed by atoms with Gasteiger partial charge in [-0.3, -0.25) is 4.68 Å². The summed E-state index contributed by atoms with van der Waals surface area (Å²) in [6.45, 7) is 5.70. The number of nitrogens with zero attached hydrogens (tertiary/aromatic N) is 9. The fourth-order valence-electron chi connectivity index (χ4n) is 3.55. The van der Waals surface area contributed by atoms with Crippen molar-refractivity contribution in [1.82, 2.24) is 39.1 Å². The summed E-state index contributed by atoms with van der Waals surface area (Å²) >= 11 is 0. The first kappa shape index (κ1) is 16.9. The van der Waals surface area contributed by atoms with Crippen molar-refractivity contribution in [2.75, 3.05) is 31.2 Å². The van der Waals surface area contributed by atoms with Gasteiger partial charge in [-0.25, -0.2) is 9.67 Å². The van der Waals surface area contributed by atoms with Crippen LogP contribution in [0.25, 0.3) is 28.6 Å². The van der Waals surface area contributed by atoms with E-state index in [0.717, 1.165) is 48.1 Å². The second-order valence-electron chi connectivity index (χ2n) is 6.59. The third kappa shape index (κ3) is 2.64. The van der Waals surface area contributed by atoms with Crippen LogP contribution in [0.15, 0.2) is 30.7 Å². The third-order valence-corrected chi connectivity index (χ3v) is 4.95. The predicted octanol–water partition coefficient (Wildman–Crippen LogP) is 1.27. The van der Waals surface area contributed by atoms with Gasteiger partial charge in [0, 0.05) is 45.3 Å². The van der Waals surface area contributed by atoms with Crippen molar-refractivity contribution in [2.24, 2.45) is 7.05 Å². The number of rotatable bonds is 4. The molecule has 0 radical (unpaired) electrons. The molecule has 0 aromatic carbocycles. The van der Waals surface area contributed by atoms with Crippen LogP contribution >= 0.6 is 0 Å². The van der Waals surface area contributed by atoms with Gasteiger partial charge < -0.3 is 14.2 Å². The summed E-state index contributed by atoms with van der Waals surface area (Å²) in [5.74, 6) is 2.18. The first-order chi connectivity index (χ1) is 13.8. The SMILES string of the molecule is CCn1c(-c2ccnn2C)nc2c(N3CCOCC3)nc(-n3cccn3)nc21. The van der Waals surface area contributed by atoms with Crippen LogP contribution < -0.4 is 4.90 Å². The number of hydrogen-bond acceptors (Lipinski definition) is 7. The number of anilines is 1. The first-order valence-corrected chi connectivity index (χ1v) is 9.35. The van der Waals surface area contributed by atoms with Gasteiger partial charge in [0.05, 0.1) is 13.2 Å². The molecule has 144 valence electrons. The van der Waals surface area contributed by atoms with Crippen LogP contribution in [-0.2, 0) is 18.3 Å². The highest BCUT2D eigenvalue weighted by molar-refractivity contribution is 5.87. The second-order valence-corrected chi connectivity index (χ2v) is 6.59. The maximum Gasteiger partial charge on any atom is 0.254 e. The van der Waals surface area contributed by atoms with Crippen molar-refractivity contribution >= 4 is 17.0 Å². The minimum atomic E-state index is 0.533. The molecule has 10 nitrogen and oxygen atoms in total. The smallest absolute Gasteiger partial charge is 0.254 e. The van der Waals surface area contributed by atoms with Crippen molar-refractivity contribution in [3.8, 4) is 17.5 Å². The van der Waals surface area contributed by atoms with Gasteiger partial charge in [0.2, 0.25) is 0 Å². The molecule has 28 heavy (non-hydrogen) atoms. The van der Waals surface area contributed by atoms with E-state index in [4.69, 9.17) is 19.7 Å². The summed E-state index contributed by atoms with van der Waals surface area (Å²) in [5.41, 5.74) is 2.52. The molecule has 1 aliphatic heterocycles. The van der Waals surface area contributed by atoms with E-state index in [-0.39, 0.29) is 0 Å². The number of aromatic nitrogens is 8. The van der Waals surface area contributed by atoms with Gasteiger partial charge in [0.15, 0.2) is 22.8 Å². The highest BCUT2D eigenvalue weighted by Gasteiger charge is 2.24. The minimum absolute atomic E-state index is 0.533. The lowest BCUT2D eigenvalue weighted by atomic mass is 10.3. The summed E-state index contributed by atoms with van der Waals surface area (Å²) in [5, 5.41) is 8.61. The number of imidazole rings is 1. The van der Waals surface area contributed by atoms with E-state index >= 15 is 0 Å². The Morgan fingerprint density at radius 1 is 1.07 bits per heavy atom. The predicted molar refractivity (Wildman–Crippen MR) is 103 cm³/mol. The van der Waals surface area contributed by atoms with E-state index in [0.29, 0.717) is 19.2 Å². The molecule has 0 bridgehead atoms. The Kier molecular flexibility index (Phi) is 4.05. The van der Waals surface area contributed by atoms with Crippen LogP contribution in [0.2, 0.25) is 0 Å². The Hall–Kier alpha value is -3.27. The zero-order valence-electron chi connectivity index (χ0n) is 15.9. The standard InChI is InChI=1S/C18H21N9O/c1-3-26-15(13-5-7-19-24(13)2)21-14-16(25-9-11-28-12-10-25)22-18(23-17(14)26)27-8-4-6-20-27/h4-8H,3,9-12H2,1-2H3. The average molecular weight is 379 g/mol. The number of morpholine rings is 1. The van der Waals surface area contributed by atoms with E-state index in [1.807, 2.05) is 30.1 Å². The quantitative estimate of drug-likeness (QED) is 0.527. The van der Waals surface area contributed by atoms with Crippen LogP contribution in [0, 0.1) is 0 Å². The first-order valence-electron chi connectivity index (χ1n) is 9.35. The molecule has 0 atom stereocenters. The molecule has 1 saturated heterocycles. The van der Waals surface area contributed by atoms with Gasteiger partial charge in [0.1, 0.15) is 5.69 Å². The van der Waals surface area contributed by atoms with Crippen LogP contribution in [0.3, 0.4) is 0 Å². The molecular formula is C18H21N9O. The molecule has 0 aliphatic carbocycles. The number of aryl methyl sites for hydroxylation is 2. The number of hydrogen-bond donors (Lipinski definition) is 0. The lowest BCUT2D eigenvalue weighted by molar-refractivity contribution is 0.122. The highest BCUT2D eigenvalue weighted by atomic mass is 16.5. The molecule has 5 rings (SSSR count). The Balaban J connectivity index is 1.78. The van der Waals surface area contributed by atoms with Crippen LogP contribution in [0.1, 0.15) is 6.92 Å². The fourth-order valence-corrected chi connectivity index (χ4v) is 3.55. The molecule has 0 spiro atoms. The van der Waals surface area contributed by atoms with E-state index in [1.54, 1.807) is 17.1 Å². The zero-order valence-corrected chi connectivity index (χ0v) is 15.9. The fraction of sp³-hybridized carbons (Fsp3) is 0.389. The molecule has 5 heterocycles. The molecule has 0 unspecified atom stereocenters. The Morgan fingerprint density at radius 2 is 1.93 bits per heavy atom. The van der Waals surface area contributed by atoms with Gasteiger partial charge in [-0.1, -0.05) is 0 Å². The Labute approximate surface area is 161 Å². The average Bonchev–Trinajstić information content (AvgIpc) is 3.47. The topological polar surface area (TPSA) is 91.7 Å². The van der Waals surface area contributed by atoms with Gasteiger partial charge >= 0.3 is 0 Å². The summed E-state index contributed by atoms with van der Waals surface area (Å²) in [6.07, 6.45) is 5.34. The van der Waals surface area contributed by atoms with E-state index < -0.39 is 0 Å².